The first kappa shape index (κ1) is 12.0. The van der Waals surface area contributed by atoms with Gasteiger partial charge in [0.15, 0.2) is 0 Å². The minimum absolute atomic E-state index is 0.333. The Morgan fingerprint density at radius 2 is 2.07 bits per heavy atom. The SMILES string of the molecule is CC1=CCC(C(C)C)CC1P(=O)([O-])[O-]. The third-order valence-electron chi connectivity index (χ3n) is 3.12. The van der Waals surface area contributed by atoms with Crippen LogP contribution < -0.4 is 9.79 Å². The van der Waals surface area contributed by atoms with Crippen LogP contribution in [0.4, 0.5) is 0 Å². The molecular formula is C10H17O3P-2. The monoisotopic (exact) mass is 216 g/mol. The second-order valence-electron chi connectivity index (χ2n) is 4.48. The van der Waals surface area contributed by atoms with E-state index in [0.717, 1.165) is 12.0 Å². The summed E-state index contributed by atoms with van der Waals surface area (Å²) in [4.78, 5) is 22.0. The van der Waals surface area contributed by atoms with Crippen molar-refractivity contribution in [3.8, 4) is 0 Å². The van der Waals surface area contributed by atoms with Crippen LogP contribution in [0.3, 0.4) is 0 Å². The minimum Gasteiger partial charge on any atom is -0.810 e. The summed E-state index contributed by atoms with van der Waals surface area (Å²) >= 11 is 0. The normalized spacial score (nSPS) is 29.1. The van der Waals surface area contributed by atoms with Crippen LogP contribution in [0.5, 0.6) is 0 Å². The molecule has 1 aliphatic carbocycles. The topological polar surface area (TPSA) is 63.2 Å². The van der Waals surface area contributed by atoms with Gasteiger partial charge in [-0.05, 0) is 31.6 Å². The molecule has 1 aliphatic rings. The average molecular weight is 216 g/mol. The molecule has 4 heteroatoms. The highest BCUT2D eigenvalue weighted by atomic mass is 31.2. The zero-order valence-corrected chi connectivity index (χ0v) is 9.79. The Morgan fingerprint density at radius 1 is 1.50 bits per heavy atom. The molecule has 1 rings (SSSR count). The maximum Gasteiger partial charge on any atom is 0.00756 e. The molecule has 0 fully saturated rings. The van der Waals surface area contributed by atoms with Crippen molar-refractivity contribution in [1.29, 1.82) is 0 Å². The lowest BCUT2D eigenvalue weighted by Gasteiger charge is -2.43. The van der Waals surface area contributed by atoms with Crippen molar-refractivity contribution in [3.05, 3.63) is 11.6 Å². The van der Waals surface area contributed by atoms with Crippen LogP contribution >= 0.6 is 7.60 Å². The van der Waals surface area contributed by atoms with Crippen LogP contribution in [0.15, 0.2) is 11.6 Å². The fraction of sp³-hybridized carbons (Fsp3) is 0.800. The summed E-state index contributed by atoms with van der Waals surface area (Å²) in [5.41, 5.74) is -0.0288. The van der Waals surface area contributed by atoms with Gasteiger partial charge < -0.3 is 14.4 Å². The first-order chi connectivity index (χ1) is 6.32. The Labute approximate surface area is 85.4 Å². The molecule has 0 aliphatic heterocycles. The highest BCUT2D eigenvalue weighted by Gasteiger charge is 2.25. The van der Waals surface area contributed by atoms with E-state index in [9.17, 15) is 14.4 Å². The summed E-state index contributed by atoms with van der Waals surface area (Å²) in [6, 6.07) is 0. The Hall–Kier alpha value is -0.110. The van der Waals surface area contributed by atoms with Crippen LogP contribution in [0.1, 0.15) is 33.6 Å². The van der Waals surface area contributed by atoms with Gasteiger partial charge in [0.25, 0.3) is 0 Å². The van der Waals surface area contributed by atoms with E-state index in [1.54, 1.807) is 6.92 Å². The van der Waals surface area contributed by atoms with E-state index in [4.69, 9.17) is 0 Å². The van der Waals surface area contributed by atoms with Crippen molar-refractivity contribution in [3.63, 3.8) is 0 Å². The molecule has 0 heterocycles. The lowest BCUT2D eigenvalue weighted by Crippen LogP contribution is -2.32. The third kappa shape index (κ3) is 2.69. The van der Waals surface area contributed by atoms with E-state index >= 15 is 0 Å². The molecule has 0 radical (unpaired) electrons. The van der Waals surface area contributed by atoms with Crippen molar-refractivity contribution in [2.75, 3.05) is 0 Å². The molecule has 0 N–H and O–H groups in total. The molecule has 0 aromatic rings. The van der Waals surface area contributed by atoms with E-state index in [0.29, 0.717) is 18.3 Å². The molecule has 2 atom stereocenters. The van der Waals surface area contributed by atoms with Crippen molar-refractivity contribution >= 4 is 7.60 Å². The maximum atomic E-state index is 11.0. The van der Waals surface area contributed by atoms with Gasteiger partial charge >= 0.3 is 0 Å². The molecular weight excluding hydrogens is 199 g/mol. The number of hydrogen-bond acceptors (Lipinski definition) is 3. The van der Waals surface area contributed by atoms with Gasteiger partial charge in [-0.25, -0.2) is 0 Å². The highest BCUT2D eigenvalue weighted by Crippen LogP contribution is 2.44. The van der Waals surface area contributed by atoms with Gasteiger partial charge in [0.1, 0.15) is 0 Å². The second-order valence-corrected chi connectivity index (χ2v) is 6.18. The molecule has 14 heavy (non-hydrogen) atoms. The molecule has 0 saturated heterocycles. The minimum atomic E-state index is -4.44. The first-order valence-corrected chi connectivity index (χ1v) is 6.62. The van der Waals surface area contributed by atoms with E-state index in [1.807, 2.05) is 6.08 Å². The van der Waals surface area contributed by atoms with Crippen LogP contribution in [0.2, 0.25) is 0 Å². The van der Waals surface area contributed by atoms with Gasteiger partial charge in [-0.2, -0.15) is 0 Å². The van der Waals surface area contributed by atoms with Crippen LogP contribution in [0, 0.1) is 11.8 Å². The fourth-order valence-electron chi connectivity index (χ4n) is 1.97. The Morgan fingerprint density at radius 3 is 2.50 bits per heavy atom. The van der Waals surface area contributed by atoms with Gasteiger partial charge in [0.2, 0.25) is 0 Å². The van der Waals surface area contributed by atoms with E-state index < -0.39 is 13.3 Å². The molecule has 0 bridgehead atoms. The largest absolute Gasteiger partial charge is 0.810 e. The lowest BCUT2D eigenvalue weighted by atomic mass is 9.82. The second kappa shape index (κ2) is 4.18. The number of allylic oxidation sites excluding steroid dienone is 2. The summed E-state index contributed by atoms with van der Waals surface area (Å²) in [6.07, 6.45) is 3.31. The summed E-state index contributed by atoms with van der Waals surface area (Å²) in [5.74, 6) is 0.772. The molecule has 0 saturated carbocycles. The van der Waals surface area contributed by atoms with Crippen molar-refractivity contribution in [2.24, 2.45) is 11.8 Å². The third-order valence-corrected chi connectivity index (χ3v) is 4.50. The Kier molecular flexibility index (Phi) is 3.57. The Balaban J connectivity index is 2.83. The summed E-state index contributed by atoms with van der Waals surface area (Å²) in [7, 11) is -4.44. The average Bonchev–Trinajstić information content (AvgIpc) is 2.02. The van der Waals surface area contributed by atoms with Crippen molar-refractivity contribution < 1.29 is 14.4 Å². The van der Waals surface area contributed by atoms with E-state index in [1.165, 1.54) is 0 Å². The van der Waals surface area contributed by atoms with E-state index in [2.05, 4.69) is 13.8 Å². The van der Waals surface area contributed by atoms with Crippen LogP contribution in [0.25, 0.3) is 0 Å². The van der Waals surface area contributed by atoms with Crippen molar-refractivity contribution in [2.45, 2.75) is 39.3 Å². The Bertz CT molecular complexity index is 277. The van der Waals surface area contributed by atoms with Gasteiger partial charge in [0.05, 0.1) is 0 Å². The molecule has 0 aromatic carbocycles. The summed E-state index contributed by atoms with van der Waals surface area (Å²) in [5, 5.41) is 0. The molecule has 2 unspecified atom stereocenters. The van der Waals surface area contributed by atoms with Crippen LogP contribution in [-0.4, -0.2) is 5.66 Å². The zero-order chi connectivity index (χ0) is 10.9. The molecule has 0 aromatic heterocycles. The van der Waals surface area contributed by atoms with Gasteiger partial charge in [-0.3, -0.25) is 0 Å². The van der Waals surface area contributed by atoms with Gasteiger partial charge in [-0.1, -0.05) is 33.1 Å². The molecule has 0 spiro atoms. The predicted molar refractivity (Wildman–Crippen MR) is 52.7 cm³/mol. The van der Waals surface area contributed by atoms with Gasteiger partial charge in [0, 0.05) is 5.66 Å². The smallest absolute Gasteiger partial charge is 0.00756 e. The molecule has 0 amide bonds. The lowest BCUT2D eigenvalue weighted by molar-refractivity contribution is -0.316. The quantitative estimate of drug-likeness (QED) is 0.516. The summed E-state index contributed by atoms with van der Waals surface area (Å²) < 4.78 is 11.0. The first-order valence-electron chi connectivity index (χ1n) is 5.00. The highest BCUT2D eigenvalue weighted by molar-refractivity contribution is 7.49. The zero-order valence-electron chi connectivity index (χ0n) is 8.90. The van der Waals surface area contributed by atoms with Crippen LogP contribution in [-0.2, 0) is 4.57 Å². The van der Waals surface area contributed by atoms with E-state index in [-0.39, 0.29) is 0 Å². The summed E-state index contributed by atoms with van der Waals surface area (Å²) in [6.45, 7) is 5.87. The van der Waals surface area contributed by atoms with Gasteiger partial charge in [-0.15, -0.1) is 0 Å². The number of hydrogen-bond donors (Lipinski definition) is 0. The predicted octanol–water partition coefficient (Wildman–Crippen LogP) is 1.28. The molecule has 3 nitrogen and oxygen atoms in total. The standard InChI is InChI=1S/C10H19O3P/c1-7(2)9-5-4-8(3)10(6-9)14(11,12)13/h4,7,9-10H,5-6H2,1-3H3,(H2,11,12,13)/p-2. The number of rotatable bonds is 2. The molecule has 82 valence electrons. The fourth-order valence-corrected chi connectivity index (χ4v) is 3.10. The van der Waals surface area contributed by atoms with Crippen molar-refractivity contribution in [1.82, 2.24) is 0 Å². The maximum absolute atomic E-state index is 11.0.